The van der Waals surface area contributed by atoms with E-state index in [-0.39, 0.29) is 5.92 Å². The van der Waals surface area contributed by atoms with Gasteiger partial charge in [-0.25, -0.2) is 9.18 Å². The highest BCUT2D eigenvalue weighted by Crippen LogP contribution is 2.22. The van der Waals surface area contributed by atoms with Gasteiger partial charge in [-0.3, -0.25) is 0 Å². The first-order valence-electron chi connectivity index (χ1n) is 5.24. The predicted molar refractivity (Wildman–Crippen MR) is 52.0 cm³/mol. The number of carboxylic acids is 1. The molecule has 0 aromatic carbocycles. The van der Waals surface area contributed by atoms with Crippen LogP contribution in [0.5, 0.6) is 0 Å². The number of carbonyl (C=O) groups is 1. The molecule has 0 radical (unpaired) electrons. The Kier molecular flexibility index (Phi) is 4.32. The number of halogens is 1. The van der Waals surface area contributed by atoms with Gasteiger partial charge in [-0.1, -0.05) is 6.92 Å². The number of nitrogens with zero attached hydrogens (tertiary/aromatic N) is 1. The van der Waals surface area contributed by atoms with Gasteiger partial charge in [0.2, 0.25) is 0 Å². The Labute approximate surface area is 83.9 Å². The maximum Gasteiger partial charge on any atom is 0.338 e. The van der Waals surface area contributed by atoms with Crippen LogP contribution in [0.2, 0.25) is 0 Å². The smallest absolute Gasteiger partial charge is 0.338 e. The molecule has 1 rings (SSSR count). The molecule has 0 bridgehead atoms. The monoisotopic (exact) mass is 203 g/mol. The normalized spacial score (nSPS) is 22.1. The van der Waals surface area contributed by atoms with Crippen LogP contribution in [0.1, 0.15) is 26.2 Å². The highest BCUT2D eigenvalue weighted by atomic mass is 19.1. The van der Waals surface area contributed by atoms with Crippen molar-refractivity contribution in [1.82, 2.24) is 4.90 Å². The summed E-state index contributed by atoms with van der Waals surface area (Å²) in [6.07, 6.45) is 0.780. The summed E-state index contributed by atoms with van der Waals surface area (Å²) in [5.74, 6) is -1.58. The van der Waals surface area contributed by atoms with Crippen LogP contribution in [0.25, 0.3) is 0 Å². The largest absolute Gasteiger partial charge is 0.479 e. The molecular formula is C10H18FNO2. The quantitative estimate of drug-likeness (QED) is 0.753. The average Bonchev–Trinajstić information content (AvgIpc) is 2.18. The van der Waals surface area contributed by atoms with Crippen LogP contribution in [0.4, 0.5) is 4.39 Å². The molecule has 1 unspecified atom stereocenters. The molecule has 0 amide bonds. The molecule has 1 fully saturated rings. The molecule has 1 saturated heterocycles. The van der Waals surface area contributed by atoms with Crippen LogP contribution >= 0.6 is 0 Å². The Balaban J connectivity index is 2.31. The molecule has 0 spiro atoms. The maximum atomic E-state index is 13.1. The lowest BCUT2D eigenvalue weighted by Gasteiger charge is -2.31. The second-order valence-electron chi connectivity index (χ2n) is 3.92. The van der Waals surface area contributed by atoms with Gasteiger partial charge in [0.05, 0.1) is 0 Å². The number of alkyl halides is 1. The van der Waals surface area contributed by atoms with Gasteiger partial charge in [-0.2, -0.15) is 0 Å². The van der Waals surface area contributed by atoms with Gasteiger partial charge < -0.3 is 10.0 Å². The van der Waals surface area contributed by atoms with Gasteiger partial charge >= 0.3 is 5.97 Å². The Morgan fingerprint density at radius 2 is 2.14 bits per heavy atom. The van der Waals surface area contributed by atoms with E-state index in [9.17, 15) is 9.18 Å². The summed E-state index contributed by atoms with van der Waals surface area (Å²) in [4.78, 5) is 12.7. The molecule has 0 aromatic heterocycles. The topological polar surface area (TPSA) is 40.5 Å². The van der Waals surface area contributed by atoms with E-state index in [0.29, 0.717) is 12.8 Å². The SMILES string of the molecule is CCCN1CCC(C(F)C(=O)O)CC1. The lowest BCUT2D eigenvalue weighted by Crippen LogP contribution is -2.39. The number of hydrogen-bond acceptors (Lipinski definition) is 2. The molecule has 0 aliphatic carbocycles. The minimum Gasteiger partial charge on any atom is -0.479 e. The third kappa shape index (κ3) is 2.94. The number of aliphatic carboxylic acids is 1. The fourth-order valence-electron chi connectivity index (χ4n) is 1.99. The predicted octanol–water partition coefficient (Wildman–Crippen LogP) is 1.53. The highest BCUT2D eigenvalue weighted by Gasteiger charge is 2.30. The summed E-state index contributed by atoms with van der Waals surface area (Å²) in [7, 11) is 0. The Hall–Kier alpha value is -0.640. The van der Waals surface area contributed by atoms with Crippen molar-refractivity contribution in [3.05, 3.63) is 0 Å². The molecular weight excluding hydrogens is 185 g/mol. The van der Waals surface area contributed by atoms with Crippen LogP contribution in [0.3, 0.4) is 0 Å². The van der Waals surface area contributed by atoms with Gasteiger partial charge in [0, 0.05) is 5.92 Å². The van der Waals surface area contributed by atoms with E-state index >= 15 is 0 Å². The second-order valence-corrected chi connectivity index (χ2v) is 3.92. The summed E-state index contributed by atoms with van der Waals surface area (Å²) in [5.41, 5.74) is 0. The van der Waals surface area contributed by atoms with E-state index in [1.54, 1.807) is 0 Å². The first kappa shape index (κ1) is 11.4. The Bertz CT molecular complexity index is 191. The van der Waals surface area contributed by atoms with Gasteiger partial charge in [-0.15, -0.1) is 0 Å². The van der Waals surface area contributed by atoms with Crippen LogP contribution in [0, 0.1) is 5.92 Å². The molecule has 0 aromatic rings. The second kappa shape index (κ2) is 5.29. The van der Waals surface area contributed by atoms with Crippen molar-refractivity contribution in [2.75, 3.05) is 19.6 Å². The minimum absolute atomic E-state index is 0.277. The van der Waals surface area contributed by atoms with E-state index in [2.05, 4.69) is 11.8 Å². The Morgan fingerprint density at radius 1 is 1.57 bits per heavy atom. The summed E-state index contributed by atoms with van der Waals surface area (Å²) in [6, 6.07) is 0. The number of likely N-dealkylation sites (tertiary alicyclic amines) is 1. The summed E-state index contributed by atoms with van der Waals surface area (Å²) < 4.78 is 13.1. The van der Waals surface area contributed by atoms with Crippen molar-refractivity contribution in [2.45, 2.75) is 32.4 Å². The lowest BCUT2D eigenvalue weighted by molar-refractivity contribution is -0.145. The highest BCUT2D eigenvalue weighted by molar-refractivity contribution is 5.72. The zero-order chi connectivity index (χ0) is 10.6. The Morgan fingerprint density at radius 3 is 2.57 bits per heavy atom. The van der Waals surface area contributed by atoms with Gasteiger partial charge in [0.15, 0.2) is 6.17 Å². The van der Waals surface area contributed by atoms with E-state index in [1.807, 2.05) is 0 Å². The fourth-order valence-corrected chi connectivity index (χ4v) is 1.99. The summed E-state index contributed by atoms with van der Waals surface area (Å²) >= 11 is 0. The van der Waals surface area contributed by atoms with Crippen molar-refractivity contribution < 1.29 is 14.3 Å². The molecule has 4 heteroatoms. The minimum atomic E-state index is -1.67. The van der Waals surface area contributed by atoms with Crippen LogP contribution in [0.15, 0.2) is 0 Å². The molecule has 1 aliphatic heterocycles. The van der Waals surface area contributed by atoms with Gasteiger partial charge in [-0.05, 0) is 38.9 Å². The van der Waals surface area contributed by atoms with Gasteiger partial charge in [0.25, 0.3) is 0 Å². The van der Waals surface area contributed by atoms with Crippen LogP contribution < -0.4 is 0 Å². The molecule has 1 N–H and O–H groups in total. The third-order valence-corrected chi connectivity index (χ3v) is 2.82. The molecule has 1 heterocycles. The van der Waals surface area contributed by atoms with Crippen molar-refractivity contribution >= 4 is 5.97 Å². The van der Waals surface area contributed by atoms with Crippen LogP contribution in [-0.2, 0) is 4.79 Å². The molecule has 3 nitrogen and oxygen atoms in total. The van der Waals surface area contributed by atoms with Crippen molar-refractivity contribution in [1.29, 1.82) is 0 Å². The van der Waals surface area contributed by atoms with E-state index < -0.39 is 12.1 Å². The van der Waals surface area contributed by atoms with E-state index in [1.165, 1.54) is 0 Å². The van der Waals surface area contributed by atoms with Gasteiger partial charge in [0.1, 0.15) is 0 Å². The van der Waals surface area contributed by atoms with E-state index in [4.69, 9.17) is 5.11 Å². The summed E-state index contributed by atoms with van der Waals surface area (Å²) in [5, 5.41) is 8.51. The molecule has 82 valence electrons. The van der Waals surface area contributed by atoms with E-state index in [0.717, 1.165) is 26.1 Å². The number of hydrogen-bond donors (Lipinski definition) is 1. The number of carboxylic acid groups (broad SMARTS) is 1. The van der Waals surface area contributed by atoms with Crippen LogP contribution in [-0.4, -0.2) is 41.8 Å². The van der Waals surface area contributed by atoms with Crippen molar-refractivity contribution in [2.24, 2.45) is 5.92 Å². The van der Waals surface area contributed by atoms with Crippen molar-refractivity contribution in [3.8, 4) is 0 Å². The molecule has 0 saturated carbocycles. The van der Waals surface area contributed by atoms with Crippen molar-refractivity contribution in [3.63, 3.8) is 0 Å². The first-order valence-corrected chi connectivity index (χ1v) is 5.24. The number of rotatable bonds is 4. The molecule has 14 heavy (non-hydrogen) atoms. The summed E-state index contributed by atoms with van der Waals surface area (Å²) in [6.45, 7) is 4.83. The first-order chi connectivity index (χ1) is 6.65. The molecule has 1 aliphatic rings. The standard InChI is InChI=1S/C10H18FNO2/c1-2-5-12-6-3-8(4-7-12)9(11)10(13)14/h8-9H,2-7H2,1H3,(H,13,14). The lowest BCUT2D eigenvalue weighted by atomic mass is 9.92. The average molecular weight is 203 g/mol. The zero-order valence-electron chi connectivity index (χ0n) is 8.58. The molecule has 1 atom stereocenters. The maximum absolute atomic E-state index is 13.1. The fraction of sp³-hybridized carbons (Fsp3) is 0.900. The number of piperidine rings is 1. The zero-order valence-corrected chi connectivity index (χ0v) is 8.58. The third-order valence-electron chi connectivity index (χ3n) is 2.82.